The number of alkyl halides is 3. The van der Waals surface area contributed by atoms with Gasteiger partial charge in [0, 0.05) is 23.1 Å². The summed E-state index contributed by atoms with van der Waals surface area (Å²) in [5, 5.41) is 2.67. The molecule has 9 heteroatoms. The van der Waals surface area contributed by atoms with Crippen LogP contribution in [0.15, 0.2) is 54.7 Å². The summed E-state index contributed by atoms with van der Waals surface area (Å²) >= 11 is -1.96. The quantitative estimate of drug-likeness (QED) is 0.507. The Morgan fingerprint density at radius 3 is 2.41 bits per heavy atom. The van der Waals surface area contributed by atoms with Crippen molar-refractivity contribution in [3.63, 3.8) is 0 Å². The van der Waals surface area contributed by atoms with Gasteiger partial charge in [-0.05, 0) is 36.2 Å². The summed E-state index contributed by atoms with van der Waals surface area (Å²) < 4.78 is 59.6. The van der Waals surface area contributed by atoms with Crippen LogP contribution in [-0.2, 0) is 23.0 Å². The average Bonchev–Trinajstić information content (AvgIpc) is 3.03. The predicted molar refractivity (Wildman–Crippen MR) is 105 cm³/mol. The Morgan fingerprint density at radius 1 is 1.14 bits per heavy atom. The normalized spacial score (nSPS) is 12.6. The molecule has 0 fully saturated rings. The first-order valence-electron chi connectivity index (χ1n) is 8.49. The number of aromatic nitrogens is 1. The highest BCUT2D eigenvalue weighted by molar-refractivity contribution is 7.78. The Balaban J connectivity index is 1.85. The van der Waals surface area contributed by atoms with Crippen molar-refractivity contribution in [3.8, 4) is 11.3 Å². The first-order valence-corrected chi connectivity index (χ1v) is 9.76. The molecule has 0 radical (unpaired) electrons. The van der Waals surface area contributed by atoms with Gasteiger partial charge >= 0.3 is 6.18 Å². The van der Waals surface area contributed by atoms with Crippen molar-refractivity contribution in [2.75, 3.05) is 5.32 Å². The third-order valence-corrected chi connectivity index (χ3v) is 4.97. The molecular formula is C20H17F3N2O3S. The van der Waals surface area contributed by atoms with E-state index in [1.807, 2.05) is 0 Å². The van der Waals surface area contributed by atoms with Crippen LogP contribution < -0.4 is 5.32 Å². The predicted octanol–water partition coefficient (Wildman–Crippen LogP) is 4.98. The van der Waals surface area contributed by atoms with Gasteiger partial charge in [-0.25, -0.2) is 4.21 Å². The molecule has 0 aliphatic carbocycles. The number of rotatable bonds is 5. The zero-order chi connectivity index (χ0) is 21.2. The number of anilines is 1. The SMILES string of the molecule is Cc1c(C(=O)Nc2ccc(CS(=O)O)cc2)c[nH]c1-c1ccccc1C(F)(F)F. The van der Waals surface area contributed by atoms with Crippen molar-refractivity contribution in [1.82, 2.24) is 4.98 Å². The van der Waals surface area contributed by atoms with Crippen molar-refractivity contribution in [3.05, 3.63) is 77.0 Å². The van der Waals surface area contributed by atoms with Crippen LogP contribution in [0.1, 0.15) is 27.0 Å². The van der Waals surface area contributed by atoms with Crippen LogP contribution in [0.5, 0.6) is 0 Å². The van der Waals surface area contributed by atoms with Gasteiger partial charge in [0.25, 0.3) is 5.91 Å². The van der Waals surface area contributed by atoms with E-state index in [1.165, 1.54) is 24.4 Å². The van der Waals surface area contributed by atoms with Crippen LogP contribution in [0, 0.1) is 6.92 Å². The van der Waals surface area contributed by atoms with Gasteiger partial charge in [-0.1, -0.05) is 30.3 Å². The second kappa shape index (κ2) is 8.22. The maximum Gasteiger partial charge on any atom is 0.417 e. The molecule has 1 amide bonds. The molecule has 0 aliphatic heterocycles. The fraction of sp³-hybridized carbons (Fsp3) is 0.150. The highest BCUT2D eigenvalue weighted by atomic mass is 32.2. The molecule has 5 nitrogen and oxygen atoms in total. The Hall–Kier alpha value is -2.91. The van der Waals surface area contributed by atoms with Gasteiger partial charge in [-0.2, -0.15) is 13.2 Å². The lowest BCUT2D eigenvalue weighted by Gasteiger charge is -2.12. The van der Waals surface area contributed by atoms with Gasteiger partial charge in [0.2, 0.25) is 0 Å². The summed E-state index contributed by atoms with van der Waals surface area (Å²) in [7, 11) is 0. The topological polar surface area (TPSA) is 82.2 Å². The van der Waals surface area contributed by atoms with Crippen molar-refractivity contribution in [1.29, 1.82) is 0 Å². The maximum absolute atomic E-state index is 13.3. The van der Waals surface area contributed by atoms with E-state index in [9.17, 15) is 22.2 Å². The van der Waals surface area contributed by atoms with Crippen LogP contribution in [0.3, 0.4) is 0 Å². The molecule has 1 aromatic heterocycles. The van der Waals surface area contributed by atoms with Crippen molar-refractivity contribution in [2.24, 2.45) is 0 Å². The molecule has 2 aromatic carbocycles. The summed E-state index contributed by atoms with van der Waals surface area (Å²) in [6.07, 6.45) is -3.15. The molecule has 3 rings (SSSR count). The zero-order valence-corrected chi connectivity index (χ0v) is 16.0. The van der Waals surface area contributed by atoms with E-state index in [2.05, 4.69) is 10.3 Å². The molecule has 1 unspecified atom stereocenters. The minimum atomic E-state index is -4.52. The molecule has 1 heterocycles. The van der Waals surface area contributed by atoms with E-state index in [-0.39, 0.29) is 22.6 Å². The fourth-order valence-corrected chi connectivity index (χ4v) is 3.46. The Labute approximate surface area is 167 Å². The lowest BCUT2D eigenvalue weighted by atomic mass is 10.00. The van der Waals surface area contributed by atoms with Gasteiger partial charge in [-0.15, -0.1) is 0 Å². The van der Waals surface area contributed by atoms with E-state index >= 15 is 0 Å². The number of H-pyrrole nitrogens is 1. The molecule has 0 bridgehead atoms. The van der Waals surface area contributed by atoms with Gasteiger partial charge in [-0.3, -0.25) is 4.79 Å². The Morgan fingerprint density at radius 2 is 1.79 bits per heavy atom. The van der Waals surface area contributed by atoms with Gasteiger partial charge in [0.05, 0.1) is 16.9 Å². The highest BCUT2D eigenvalue weighted by Gasteiger charge is 2.34. The first kappa shape index (κ1) is 20.8. The minimum absolute atomic E-state index is 0.0207. The standard InChI is InChI=1S/C20H17F3N2O3S/c1-12-16(19(26)25-14-8-6-13(7-9-14)11-29(27)28)10-24-18(12)15-4-2-3-5-17(15)20(21,22)23/h2-10,24H,11H2,1H3,(H,25,26)(H,27,28). The number of nitrogens with one attached hydrogen (secondary N) is 2. The summed E-state index contributed by atoms with van der Waals surface area (Å²) in [6.45, 7) is 1.58. The van der Waals surface area contributed by atoms with E-state index in [1.54, 1.807) is 31.2 Å². The lowest BCUT2D eigenvalue weighted by Crippen LogP contribution is -2.12. The summed E-state index contributed by atoms with van der Waals surface area (Å²) in [4.78, 5) is 15.4. The van der Waals surface area contributed by atoms with E-state index in [0.717, 1.165) is 6.07 Å². The minimum Gasteiger partial charge on any atom is -0.360 e. The van der Waals surface area contributed by atoms with Gasteiger partial charge in [0.15, 0.2) is 11.1 Å². The average molecular weight is 422 g/mol. The second-order valence-electron chi connectivity index (χ2n) is 6.36. The number of amides is 1. The molecule has 1 atom stereocenters. The maximum atomic E-state index is 13.3. The largest absolute Gasteiger partial charge is 0.417 e. The number of carbonyl (C=O) groups is 1. The van der Waals surface area contributed by atoms with Gasteiger partial charge in [0.1, 0.15) is 0 Å². The number of halogens is 3. The highest BCUT2D eigenvalue weighted by Crippen LogP contribution is 2.38. The third kappa shape index (κ3) is 4.75. The van der Waals surface area contributed by atoms with Gasteiger partial charge < -0.3 is 14.9 Å². The molecule has 0 saturated carbocycles. The molecule has 0 saturated heterocycles. The zero-order valence-electron chi connectivity index (χ0n) is 15.2. The second-order valence-corrected chi connectivity index (χ2v) is 7.29. The third-order valence-electron chi connectivity index (χ3n) is 4.39. The molecular weight excluding hydrogens is 405 g/mol. The Kier molecular flexibility index (Phi) is 5.90. The fourth-order valence-electron chi connectivity index (χ4n) is 2.98. The van der Waals surface area contributed by atoms with Crippen molar-refractivity contribution < 1.29 is 26.7 Å². The molecule has 3 aromatic rings. The van der Waals surface area contributed by atoms with Crippen LogP contribution in [0.25, 0.3) is 11.3 Å². The molecule has 0 aliphatic rings. The number of aromatic amines is 1. The van der Waals surface area contributed by atoms with Crippen LogP contribution in [0.2, 0.25) is 0 Å². The molecule has 0 spiro atoms. The molecule has 29 heavy (non-hydrogen) atoms. The van der Waals surface area contributed by atoms with E-state index in [4.69, 9.17) is 4.55 Å². The Bertz CT molecular complexity index is 1060. The van der Waals surface area contributed by atoms with E-state index in [0.29, 0.717) is 16.8 Å². The smallest absolute Gasteiger partial charge is 0.360 e. The molecule has 152 valence electrons. The van der Waals surface area contributed by atoms with Crippen LogP contribution >= 0.6 is 0 Å². The first-order chi connectivity index (χ1) is 13.7. The lowest BCUT2D eigenvalue weighted by molar-refractivity contribution is -0.137. The van der Waals surface area contributed by atoms with Crippen molar-refractivity contribution in [2.45, 2.75) is 18.9 Å². The van der Waals surface area contributed by atoms with Crippen molar-refractivity contribution >= 4 is 22.7 Å². The number of hydrogen-bond donors (Lipinski definition) is 3. The number of hydrogen-bond acceptors (Lipinski definition) is 2. The number of benzene rings is 2. The summed E-state index contributed by atoms with van der Waals surface area (Å²) in [6, 6.07) is 11.6. The van der Waals surface area contributed by atoms with Crippen LogP contribution in [-0.4, -0.2) is 19.7 Å². The monoisotopic (exact) mass is 422 g/mol. The molecule has 3 N–H and O–H groups in total. The summed E-state index contributed by atoms with van der Waals surface area (Å²) in [5.74, 6) is -0.499. The summed E-state index contributed by atoms with van der Waals surface area (Å²) in [5.41, 5.74) is 1.12. The van der Waals surface area contributed by atoms with E-state index < -0.39 is 28.7 Å². The van der Waals surface area contributed by atoms with Crippen LogP contribution in [0.4, 0.5) is 18.9 Å². The number of carbonyl (C=O) groups excluding carboxylic acids is 1.